The summed E-state index contributed by atoms with van der Waals surface area (Å²) in [5.41, 5.74) is 0.258. The quantitative estimate of drug-likeness (QED) is 0.575. The van der Waals surface area contributed by atoms with Gasteiger partial charge in [0, 0.05) is 6.54 Å². The first-order valence-electron chi connectivity index (χ1n) is 5.30. The van der Waals surface area contributed by atoms with Gasteiger partial charge in [0.25, 0.3) is 0 Å². The van der Waals surface area contributed by atoms with Crippen molar-refractivity contribution in [2.75, 3.05) is 19.7 Å². The van der Waals surface area contributed by atoms with E-state index in [2.05, 4.69) is 17.2 Å². The second-order valence-electron chi connectivity index (χ2n) is 3.28. The molecule has 4 nitrogen and oxygen atoms in total. The zero-order valence-corrected chi connectivity index (χ0v) is 9.69. The van der Waals surface area contributed by atoms with Gasteiger partial charge < -0.3 is 15.2 Å². The largest absolute Gasteiger partial charge is 0.492 e. The first kappa shape index (κ1) is 13.1. The van der Waals surface area contributed by atoms with Gasteiger partial charge >= 0.3 is 5.97 Å². The number of benzene rings is 1. The highest BCUT2D eigenvalue weighted by atomic mass is 16.5. The van der Waals surface area contributed by atoms with Gasteiger partial charge in [-0.1, -0.05) is 5.92 Å². The fourth-order valence-corrected chi connectivity index (χ4v) is 1.17. The second kappa shape index (κ2) is 7.31. The molecule has 0 atom stereocenters. The maximum absolute atomic E-state index is 10.6. The number of nitrogens with one attached hydrogen (secondary N) is 1. The highest BCUT2D eigenvalue weighted by molar-refractivity contribution is 5.87. The Kier molecular flexibility index (Phi) is 5.62. The smallest absolute Gasteiger partial charge is 0.335 e. The minimum absolute atomic E-state index is 0.258. The molecule has 0 saturated carbocycles. The summed E-state index contributed by atoms with van der Waals surface area (Å²) in [6.07, 6.45) is 0. The van der Waals surface area contributed by atoms with Crippen molar-refractivity contribution in [3.05, 3.63) is 29.8 Å². The third-order valence-electron chi connectivity index (χ3n) is 2.04. The van der Waals surface area contributed by atoms with E-state index in [0.717, 1.165) is 0 Å². The molecule has 1 aromatic carbocycles. The van der Waals surface area contributed by atoms with Crippen LogP contribution in [-0.2, 0) is 0 Å². The zero-order valence-electron chi connectivity index (χ0n) is 9.69. The van der Waals surface area contributed by atoms with E-state index in [9.17, 15) is 4.79 Å². The number of carboxylic acids is 1. The predicted molar refractivity (Wildman–Crippen MR) is 65.2 cm³/mol. The van der Waals surface area contributed by atoms with Crippen molar-refractivity contribution in [1.82, 2.24) is 5.32 Å². The van der Waals surface area contributed by atoms with Gasteiger partial charge in [0.05, 0.1) is 12.1 Å². The number of hydrogen-bond acceptors (Lipinski definition) is 3. The van der Waals surface area contributed by atoms with Crippen LogP contribution in [0.5, 0.6) is 5.75 Å². The monoisotopic (exact) mass is 233 g/mol. The van der Waals surface area contributed by atoms with Crippen LogP contribution in [0.4, 0.5) is 0 Å². The van der Waals surface area contributed by atoms with Crippen molar-refractivity contribution >= 4 is 5.97 Å². The van der Waals surface area contributed by atoms with Gasteiger partial charge in [0.15, 0.2) is 0 Å². The molecule has 2 N–H and O–H groups in total. The first-order chi connectivity index (χ1) is 8.24. The minimum atomic E-state index is -0.934. The molecular formula is C13H15NO3. The van der Waals surface area contributed by atoms with E-state index < -0.39 is 5.97 Å². The molecule has 0 heterocycles. The molecule has 0 radical (unpaired) electrons. The Hall–Kier alpha value is -1.99. The van der Waals surface area contributed by atoms with E-state index in [1.165, 1.54) is 12.1 Å². The predicted octanol–water partition coefficient (Wildman–Crippen LogP) is 1.38. The second-order valence-corrected chi connectivity index (χ2v) is 3.28. The Morgan fingerprint density at radius 2 is 2.12 bits per heavy atom. The van der Waals surface area contributed by atoms with Gasteiger partial charge in [-0.05, 0) is 31.2 Å². The standard InChI is InChI=1S/C13H15NO3/c1-2-3-8-14-9-10-17-12-6-4-11(5-7-12)13(15)16/h4-7,14H,8-10H2,1H3,(H,15,16). The van der Waals surface area contributed by atoms with Gasteiger partial charge in [0.2, 0.25) is 0 Å². The summed E-state index contributed by atoms with van der Waals surface area (Å²) in [5.74, 6) is 5.40. The Morgan fingerprint density at radius 3 is 2.71 bits per heavy atom. The minimum Gasteiger partial charge on any atom is -0.492 e. The van der Waals surface area contributed by atoms with E-state index >= 15 is 0 Å². The van der Waals surface area contributed by atoms with Crippen LogP contribution in [0.1, 0.15) is 17.3 Å². The molecule has 0 amide bonds. The van der Waals surface area contributed by atoms with E-state index in [-0.39, 0.29) is 5.56 Å². The maximum Gasteiger partial charge on any atom is 0.335 e. The zero-order chi connectivity index (χ0) is 12.5. The summed E-state index contributed by atoms with van der Waals surface area (Å²) in [4.78, 5) is 10.6. The third-order valence-corrected chi connectivity index (χ3v) is 2.04. The van der Waals surface area contributed by atoms with E-state index in [1.54, 1.807) is 19.1 Å². The third kappa shape index (κ3) is 5.05. The molecule has 0 aliphatic heterocycles. The molecule has 0 saturated heterocycles. The molecule has 1 rings (SSSR count). The average Bonchev–Trinajstić information content (AvgIpc) is 2.34. The van der Waals surface area contributed by atoms with Crippen LogP contribution in [0.2, 0.25) is 0 Å². The number of rotatable bonds is 6. The number of carbonyl (C=O) groups is 1. The molecular weight excluding hydrogens is 218 g/mol. The molecule has 1 aromatic rings. The maximum atomic E-state index is 10.6. The fraction of sp³-hybridized carbons (Fsp3) is 0.308. The van der Waals surface area contributed by atoms with Crippen LogP contribution in [0.15, 0.2) is 24.3 Å². The Balaban J connectivity index is 2.27. The molecule has 0 aromatic heterocycles. The molecule has 0 unspecified atom stereocenters. The summed E-state index contributed by atoms with van der Waals surface area (Å²) in [7, 11) is 0. The SMILES string of the molecule is CC#CCNCCOc1ccc(C(=O)O)cc1. The van der Waals surface area contributed by atoms with Crippen LogP contribution in [0, 0.1) is 11.8 Å². The van der Waals surface area contributed by atoms with E-state index in [4.69, 9.17) is 9.84 Å². The van der Waals surface area contributed by atoms with Gasteiger partial charge in [-0.3, -0.25) is 0 Å². The summed E-state index contributed by atoms with van der Waals surface area (Å²) in [6.45, 7) is 3.67. The normalized spacial score (nSPS) is 9.24. The van der Waals surface area contributed by atoms with Crippen molar-refractivity contribution in [2.45, 2.75) is 6.92 Å². The van der Waals surface area contributed by atoms with Crippen LogP contribution in [-0.4, -0.2) is 30.8 Å². The van der Waals surface area contributed by atoms with Crippen LogP contribution in [0.3, 0.4) is 0 Å². The van der Waals surface area contributed by atoms with Crippen LogP contribution in [0.25, 0.3) is 0 Å². The van der Waals surface area contributed by atoms with Gasteiger partial charge in [0.1, 0.15) is 12.4 Å². The molecule has 0 spiro atoms. The molecule has 0 aliphatic rings. The molecule has 0 bridgehead atoms. The highest BCUT2D eigenvalue weighted by Crippen LogP contribution is 2.11. The van der Waals surface area contributed by atoms with Gasteiger partial charge in [-0.2, -0.15) is 0 Å². The Labute approximate surface area is 101 Å². The average molecular weight is 233 g/mol. The van der Waals surface area contributed by atoms with Crippen molar-refractivity contribution in [3.63, 3.8) is 0 Å². The molecule has 0 aliphatic carbocycles. The fourth-order valence-electron chi connectivity index (χ4n) is 1.17. The summed E-state index contributed by atoms with van der Waals surface area (Å²) >= 11 is 0. The van der Waals surface area contributed by atoms with Gasteiger partial charge in [-0.15, -0.1) is 5.92 Å². The summed E-state index contributed by atoms with van der Waals surface area (Å²) < 4.78 is 5.42. The first-order valence-corrected chi connectivity index (χ1v) is 5.30. The molecule has 90 valence electrons. The number of ether oxygens (including phenoxy) is 1. The highest BCUT2D eigenvalue weighted by Gasteiger charge is 2.01. The van der Waals surface area contributed by atoms with E-state index in [0.29, 0.717) is 25.4 Å². The van der Waals surface area contributed by atoms with Crippen LogP contribution >= 0.6 is 0 Å². The number of carboxylic acid groups (broad SMARTS) is 1. The lowest BCUT2D eigenvalue weighted by Crippen LogP contribution is -2.21. The molecule has 17 heavy (non-hydrogen) atoms. The number of aromatic carboxylic acids is 1. The lowest BCUT2D eigenvalue weighted by molar-refractivity contribution is 0.0697. The van der Waals surface area contributed by atoms with Crippen molar-refractivity contribution in [2.24, 2.45) is 0 Å². The van der Waals surface area contributed by atoms with E-state index in [1.807, 2.05) is 0 Å². The van der Waals surface area contributed by atoms with Crippen molar-refractivity contribution in [3.8, 4) is 17.6 Å². The lowest BCUT2D eigenvalue weighted by Gasteiger charge is -2.06. The summed E-state index contributed by atoms with van der Waals surface area (Å²) in [6, 6.07) is 6.34. The topological polar surface area (TPSA) is 58.6 Å². The summed E-state index contributed by atoms with van der Waals surface area (Å²) in [5, 5.41) is 11.8. The van der Waals surface area contributed by atoms with Crippen molar-refractivity contribution < 1.29 is 14.6 Å². The molecule has 0 fully saturated rings. The van der Waals surface area contributed by atoms with Crippen molar-refractivity contribution in [1.29, 1.82) is 0 Å². The number of hydrogen-bond donors (Lipinski definition) is 2. The van der Waals surface area contributed by atoms with Gasteiger partial charge in [-0.25, -0.2) is 4.79 Å². The Morgan fingerprint density at radius 1 is 1.41 bits per heavy atom. The lowest BCUT2D eigenvalue weighted by atomic mass is 10.2. The van der Waals surface area contributed by atoms with Crippen LogP contribution < -0.4 is 10.1 Å². The molecule has 4 heteroatoms. The Bertz CT molecular complexity index is 415.